The minimum atomic E-state index is 0.0821. The molecule has 2 heterocycles. The summed E-state index contributed by atoms with van der Waals surface area (Å²) in [4.78, 5) is 22.6. The van der Waals surface area contributed by atoms with E-state index in [0.29, 0.717) is 30.6 Å². The van der Waals surface area contributed by atoms with E-state index >= 15 is 0 Å². The van der Waals surface area contributed by atoms with Crippen LogP contribution in [0.3, 0.4) is 0 Å². The van der Waals surface area contributed by atoms with Gasteiger partial charge in [0.1, 0.15) is 0 Å². The highest BCUT2D eigenvalue weighted by Gasteiger charge is 2.24. The van der Waals surface area contributed by atoms with Crippen molar-refractivity contribution in [1.82, 2.24) is 15.0 Å². The molecular formula is C22H24N4O2S. The number of hydrogen-bond donors (Lipinski definition) is 0. The van der Waals surface area contributed by atoms with Gasteiger partial charge in [-0.2, -0.15) is 4.98 Å². The number of nitrogens with zero attached hydrogens (tertiary/aromatic N) is 4. The van der Waals surface area contributed by atoms with Crippen molar-refractivity contribution >= 4 is 23.4 Å². The number of thioether (sulfide) groups is 1. The van der Waals surface area contributed by atoms with Gasteiger partial charge in [-0.3, -0.25) is 4.79 Å². The first kappa shape index (κ1) is 19.5. The van der Waals surface area contributed by atoms with E-state index in [1.807, 2.05) is 29.2 Å². The van der Waals surface area contributed by atoms with Crippen LogP contribution in [0, 0.1) is 13.8 Å². The number of piperazine rings is 1. The largest absolute Gasteiger partial charge is 0.368 e. The highest BCUT2D eigenvalue weighted by Crippen LogP contribution is 2.27. The van der Waals surface area contributed by atoms with Crippen molar-refractivity contribution in [2.24, 2.45) is 0 Å². The molecule has 7 heteroatoms. The number of benzene rings is 2. The summed E-state index contributed by atoms with van der Waals surface area (Å²) in [7, 11) is 0. The lowest BCUT2D eigenvalue weighted by atomic mass is 10.1. The monoisotopic (exact) mass is 408 g/mol. The Morgan fingerprint density at radius 3 is 2.59 bits per heavy atom. The molecule has 0 aliphatic carbocycles. The molecule has 1 saturated heterocycles. The molecule has 2 aromatic carbocycles. The summed E-state index contributed by atoms with van der Waals surface area (Å²) in [5.41, 5.74) is 3.21. The zero-order chi connectivity index (χ0) is 20.2. The molecule has 0 bridgehead atoms. The van der Waals surface area contributed by atoms with E-state index in [1.54, 1.807) is 18.7 Å². The zero-order valence-electron chi connectivity index (χ0n) is 16.7. The molecule has 3 aromatic rings. The summed E-state index contributed by atoms with van der Waals surface area (Å²) in [6.45, 7) is 7.01. The Labute approximate surface area is 174 Å². The predicted molar refractivity (Wildman–Crippen MR) is 114 cm³/mol. The molecule has 150 valence electrons. The highest BCUT2D eigenvalue weighted by molar-refractivity contribution is 7.98. The summed E-state index contributed by atoms with van der Waals surface area (Å²) < 4.78 is 5.18. The van der Waals surface area contributed by atoms with Crippen LogP contribution in [0.15, 0.2) is 57.9 Å². The predicted octanol–water partition coefficient (Wildman–Crippen LogP) is 3.94. The Hall–Kier alpha value is -2.80. The van der Waals surface area contributed by atoms with Crippen LogP contribution in [-0.4, -0.2) is 47.1 Å². The minimum Gasteiger partial charge on any atom is -0.368 e. The Kier molecular flexibility index (Phi) is 5.85. The molecule has 6 nitrogen and oxygen atoms in total. The summed E-state index contributed by atoms with van der Waals surface area (Å²) in [5.74, 6) is 1.82. The molecule has 1 aromatic heterocycles. The third kappa shape index (κ3) is 4.62. The second-order valence-corrected chi connectivity index (χ2v) is 8.16. The fraction of sp³-hybridized carbons (Fsp3) is 0.318. The first-order valence-corrected chi connectivity index (χ1v) is 10.7. The standard InChI is InChI=1S/C22H24N4O2S/c1-16-6-5-7-18(14-16)25-10-12-26(13-11-25)22(27)19-8-3-4-9-20(19)29-15-21-23-17(2)24-28-21/h3-9,14H,10-13,15H2,1-2H3. The van der Waals surface area contributed by atoms with Crippen LogP contribution < -0.4 is 4.90 Å². The number of aryl methyl sites for hydroxylation is 2. The van der Waals surface area contributed by atoms with Gasteiger partial charge in [0.05, 0.1) is 11.3 Å². The lowest BCUT2D eigenvalue weighted by molar-refractivity contribution is 0.0743. The van der Waals surface area contributed by atoms with Gasteiger partial charge >= 0.3 is 0 Å². The molecule has 0 saturated carbocycles. The summed E-state index contributed by atoms with van der Waals surface area (Å²) >= 11 is 1.55. The van der Waals surface area contributed by atoms with Gasteiger partial charge in [-0.1, -0.05) is 29.4 Å². The first-order valence-electron chi connectivity index (χ1n) is 9.72. The maximum atomic E-state index is 13.2. The maximum Gasteiger partial charge on any atom is 0.255 e. The van der Waals surface area contributed by atoms with Crippen molar-refractivity contribution in [3.05, 3.63) is 71.4 Å². The van der Waals surface area contributed by atoms with Gasteiger partial charge in [0.25, 0.3) is 5.91 Å². The summed E-state index contributed by atoms with van der Waals surface area (Å²) in [5, 5.41) is 3.82. The Morgan fingerprint density at radius 2 is 1.86 bits per heavy atom. The molecule has 0 N–H and O–H groups in total. The number of rotatable bonds is 5. The quantitative estimate of drug-likeness (QED) is 0.596. The fourth-order valence-electron chi connectivity index (χ4n) is 3.47. The van der Waals surface area contributed by atoms with Crippen molar-refractivity contribution in [1.29, 1.82) is 0 Å². The molecule has 1 aliphatic heterocycles. The second kappa shape index (κ2) is 8.69. The van der Waals surface area contributed by atoms with E-state index in [-0.39, 0.29) is 5.91 Å². The van der Waals surface area contributed by atoms with Crippen molar-refractivity contribution in [2.45, 2.75) is 24.5 Å². The number of carbonyl (C=O) groups is 1. The topological polar surface area (TPSA) is 62.5 Å². The van der Waals surface area contributed by atoms with Gasteiger partial charge in [-0.15, -0.1) is 11.8 Å². The first-order chi connectivity index (χ1) is 14.1. The second-order valence-electron chi connectivity index (χ2n) is 7.14. The molecular weight excluding hydrogens is 384 g/mol. The number of amides is 1. The summed E-state index contributed by atoms with van der Waals surface area (Å²) in [6, 6.07) is 16.3. The smallest absolute Gasteiger partial charge is 0.255 e. The number of carbonyl (C=O) groups excluding carboxylic acids is 1. The SMILES string of the molecule is Cc1cccc(N2CCN(C(=O)c3ccccc3SCc3nc(C)no3)CC2)c1. The average molecular weight is 409 g/mol. The lowest BCUT2D eigenvalue weighted by Gasteiger charge is -2.36. The molecule has 0 radical (unpaired) electrons. The third-order valence-electron chi connectivity index (χ3n) is 4.97. The Bertz CT molecular complexity index is 996. The normalized spacial score (nSPS) is 14.3. The maximum absolute atomic E-state index is 13.2. The van der Waals surface area contributed by atoms with Crippen LogP contribution >= 0.6 is 11.8 Å². The van der Waals surface area contributed by atoms with Crippen LogP contribution in [0.2, 0.25) is 0 Å². The van der Waals surface area contributed by atoms with E-state index in [1.165, 1.54) is 11.3 Å². The molecule has 1 amide bonds. The number of anilines is 1. The molecule has 0 atom stereocenters. The zero-order valence-corrected chi connectivity index (χ0v) is 17.5. The van der Waals surface area contributed by atoms with Gasteiger partial charge in [0, 0.05) is 36.8 Å². The molecule has 0 spiro atoms. The average Bonchev–Trinajstić information content (AvgIpc) is 3.17. The Morgan fingerprint density at radius 1 is 1.07 bits per heavy atom. The Balaban J connectivity index is 1.41. The number of hydrogen-bond acceptors (Lipinski definition) is 6. The molecule has 4 rings (SSSR count). The van der Waals surface area contributed by atoms with Crippen LogP contribution in [0.5, 0.6) is 0 Å². The molecule has 1 fully saturated rings. The van der Waals surface area contributed by atoms with Crippen LogP contribution in [-0.2, 0) is 5.75 Å². The van der Waals surface area contributed by atoms with Gasteiger partial charge in [0.15, 0.2) is 5.82 Å². The summed E-state index contributed by atoms with van der Waals surface area (Å²) in [6.07, 6.45) is 0. The van der Waals surface area contributed by atoms with E-state index in [9.17, 15) is 4.79 Å². The van der Waals surface area contributed by atoms with Crippen molar-refractivity contribution < 1.29 is 9.32 Å². The van der Waals surface area contributed by atoms with Gasteiger partial charge in [0.2, 0.25) is 5.89 Å². The van der Waals surface area contributed by atoms with Crippen molar-refractivity contribution in [2.75, 3.05) is 31.1 Å². The van der Waals surface area contributed by atoms with Crippen molar-refractivity contribution in [3.63, 3.8) is 0 Å². The van der Waals surface area contributed by atoms with Crippen LogP contribution in [0.25, 0.3) is 0 Å². The molecule has 0 unspecified atom stereocenters. The van der Waals surface area contributed by atoms with Gasteiger partial charge in [-0.05, 0) is 43.7 Å². The van der Waals surface area contributed by atoms with E-state index < -0.39 is 0 Å². The minimum absolute atomic E-state index is 0.0821. The van der Waals surface area contributed by atoms with Crippen LogP contribution in [0.4, 0.5) is 5.69 Å². The highest BCUT2D eigenvalue weighted by atomic mass is 32.2. The lowest BCUT2D eigenvalue weighted by Crippen LogP contribution is -2.48. The molecule has 29 heavy (non-hydrogen) atoms. The van der Waals surface area contributed by atoms with E-state index in [4.69, 9.17) is 4.52 Å². The van der Waals surface area contributed by atoms with Gasteiger partial charge in [-0.25, -0.2) is 0 Å². The van der Waals surface area contributed by atoms with Crippen LogP contribution in [0.1, 0.15) is 27.6 Å². The fourth-order valence-corrected chi connectivity index (χ4v) is 4.35. The van der Waals surface area contributed by atoms with E-state index in [2.05, 4.69) is 46.2 Å². The van der Waals surface area contributed by atoms with Gasteiger partial charge < -0.3 is 14.3 Å². The van der Waals surface area contributed by atoms with Crippen molar-refractivity contribution in [3.8, 4) is 0 Å². The number of aromatic nitrogens is 2. The molecule has 1 aliphatic rings. The third-order valence-corrected chi connectivity index (χ3v) is 6.03. The van der Waals surface area contributed by atoms with E-state index in [0.717, 1.165) is 23.5 Å².